The third-order valence-corrected chi connectivity index (χ3v) is 3.30. The van der Waals surface area contributed by atoms with Crippen molar-refractivity contribution >= 4 is 5.69 Å². The van der Waals surface area contributed by atoms with E-state index in [2.05, 4.69) is 36.5 Å². The molecule has 20 heavy (non-hydrogen) atoms. The van der Waals surface area contributed by atoms with Crippen molar-refractivity contribution in [3.05, 3.63) is 54.1 Å². The molecule has 0 saturated heterocycles. The average Bonchev–Trinajstić information content (AvgIpc) is 2.53. The Hall–Kier alpha value is -2.16. The average molecular weight is 271 g/mol. The highest BCUT2D eigenvalue weighted by Gasteiger charge is 2.10. The van der Waals surface area contributed by atoms with Crippen LogP contribution in [0, 0.1) is 0 Å². The van der Waals surface area contributed by atoms with Gasteiger partial charge in [0, 0.05) is 23.9 Å². The summed E-state index contributed by atoms with van der Waals surface area (Å²) in [6.45, 7) is 2.17. The van der Waals surface area contributed by atoms with Crippen molar-refractivity contribution in [3.63, 3.8) is 0 Å². The van der Waals surface area contributed by atoms with E-state index < -0.39 is 0 Å². The highest BCUT2D eigenvalue weighted by molar-refractivity contribution is 5.55. The molecule has 0 bridgehead atoms. The molecule has 3 nitrogen and oxygen atoms in total. The van der Waals surface area contributed by atoms with E-state index >= 15 is 0 Å². The predicted molar refractivity (Wildman–Crippen MR) is 82.6 cm³/mol. The van der Waals surface area contributed by atoms with Crippen LogP contribution in [0.1, 0.15) is 24.9 Å². The number of hydrogen-bond donors (Lipinski definition) is 1. The summed E-state index contributed by atoms with van der Waals surface area (Å²) in [5.41, 5.74) is 2.27. The van der Waals surface area contributed by atoms with Crippen molar-refractivity contribution in [3.8, 4) is 11.5 Å². The first kappa shape index (κ1) is 14.3. The van der Waals surface area contributed by atoms with Crippen LogP contribution in [0.2, 0.25) is 0 Å². The molecule has 1 unspecified atom stereocenters. The Balaban J connectivity index is 2.23. The number of nitrogens with one attached hydrogen (secondary N) is 1. The fraction of sp³-hybridized carbons (Fsp3) is 0.294. The zero-order valence-electron chi connectivity index (χ0n) is 12.2. The highest BCUT2D eigenvalue weighted by Crippen LogP contribution is 2.29. The Morgan fingerprint density at radius 3 is 2.05 bits per heavy atom. The van der Waals surface area contributed by atoms with Gasteiger partial charge in [-0.2, -0.15) is 0 Å². The Kier molecular flexibility index (Phi) is 4.88. The van der Waals surface area contributed by atoms with Crippen molar-refractivity contribution in [2.75, 3.05) is 19.5 Å². The number of hydrogen-bond acceptors (Lipinski definition) is 3. The maximum absolute atomic E-state index is 5.30. The smallest absolute Gasteiger partial charge is 0.124 e. The number of methoxy groups -OCH3 is 2. The van der Waals surface area contributed by atoms with Crippen molar-refractivity contribution in [2.24, 2.45) is 0 Å². The van der Waals surface area contributed by atoms with Gasteiger partial charge in [-0.15, -0.1) is 0 Å². The molecule has 0 fully saturated rings. The van der Waals surface area contributed by atoms with Gasteiger partial charge >= 0.3 is 0 Å². The lowest BCUT2D eigenvalue weighted by Crippen LogP contribution is -2.09. The molecule has 0 radical (unpaired) electrons. The Bertz CT molecular complexity index is 518. The first-order valence-electron chi connectivity index (χ1n) is 6.81. The Labute approximate surface area is 120 Å². The van der Waals surface area contributed by atoms with Gasteiger partial charge in [0.05, 0.1) is 20.3 Å². The fourth-order valence-electron chi connectivity index (χ4n) is 2.20. The second-order valence-corrected chi connectivity index (χ2v) is 4.62. The minimum atomic E-state index is 0.271. The topological polar surface area (TPSA) is 30.5 Å². The minimum Gasteiger partial charge on any atom is -0.497 e. The molecule has 0 aromatic heterocycles. The molecule has 0 aliphatic carbocycles. The summed E-state index contributed by atoms with van der Waals surface area (Å²) in [5.74, 6) is 1.57. The van der Waals surface area contributed by atoms with E-state index in [1.54, 1.807) is 14.2 Å². The van der Waals surface area contributed by atoms with Crippen LogP contribution in [0.25, 0.3) is 0 Å². The van der Waals surface area contributed by atoms with Gasteiger partial charge in [-0.05, 0) is 12.0 Å². The van der Waals surface area contributed by atoms with Crippen molar-refractivity contribution < 1.29 is 9.47 Å². The molecule has 2 aromatic rings. The zero-order valence-corrected chi connectivity index (χ0v) is 12.2. The Morgan fingerprint density at radius 2 is 1.55 bits per heavy atom. The minimum absolute atomic E-state index is 0.271. The molecule has 1 atom stereocenters. The molecule has 0 aliphatic heterocycles. The first-order chi connectivity index (χ1) is 9.76. The maximum Gasteiger partial charge on any atom is 0.124 e. The quantitative estimate of drug-likeness (QED) is 0.851. The molecule has 0 saturated carbocycles. The number of benzene rings is 2. The van der Waals surface area contributed by atoms with E-state index in [0.717, 1.165) is 23.6 Å². The molecular formula is C17H21NO2. The zero-order chi connectivity index (χ0) is 14.4. The van der Waals surface area contributed by atoms with Gasteiger partial charge < -0.3 is 14.8 Å². The Morgan fingerprint density at radius 1 is 0.950 bits per heavy atom. The van der Waals surface area contributed by atoms with Crippen LogP contribution < -0.4 is 14.8 Å². The van der Waals surface area contributed by atoms with E-state index in [4.69, 9.17) is 9.47 Å². The van der Waals surface area contributed by atoms with E-state index in [0.29, 0.717) is 0 Å². The van der Waals surface area contributed by atoms with Crippen molar-refractivity contribution in [2.45, 2.75) is 19.4 Å². The molecule has 106 valence electrons. The molecular weight excluding hydrogens is 250 g/mol. The van der Waals surface area contributed by atoms with Crippen molar-refractivity contribution in [1.29, 1.82) is 0 Å². The van der Waals surface area contributed by atoms with Crippen LogP contribution in [0.15, 0.2) is 48.5 Å². The van der Waals surface area contributed by atoms with Crippen LogP contribution in [0.3, 0.4) is 0 Å². The normalized spacial score (nSPS) is 11.8. The monoisotopic (exact) mass is 271 g/mol. The molecule has 0 spiro atoms. The highest BCUT2D eigenvalue weighted by atomic mass is 16.5. The lowest BCUT2D eigenvalue weighted by Gasteiger charge is -2.19. The summed E-state index contributed by atoms with van der Waals surface area (Å²) < 4.78 is 10.6. The molecule has 0 amide bonds. The summed E-state index contributed by atoms with van der Waals surface area (Å²) in [6, 6.07) is 16.5. The van der Waals surface area contributed by atoms with Gasteiger partial charge in [0.2, 0.25) is 0 Å². The van der Waals surface area contributed by atoms with Crippen LogP contribution >= 0.6 is 0 Å². The molecule has 1 N–H and O–H groups in total. The maximum atomic E-state index is 5.30. The summed E-state index contributed by atoms with van der Waals surface area (Å²) in [5, 5.41) is 3.53. The lowest BCUT2D eigenvalue weighted by atomic mass is 10.0. The second kappa shape index (κ2) is 6.85. The van der Waals surface area contributed by atoms with Crippen LogP contribution in [0.4, 0.5) is 5.69 Å². The molecule has 3 heteroatoms. The first-order valence-corrected chi connectivity index (χ1v) is 6.81. The summed E-state index contributed by atoms with van der Waals surface area (Å²) in [7, 11) is 3.32. The van der Waals surface area contributed by atoms with Gasteiger partial charge in [-0.1, -0.05) is 37.3 Å². The van der Waals surface area contributed by atoms with Gasteiger partial charge in [-0.3, -0.25) is 0 Å². The molecule has 0 aliphatic rings. The molecule has 2 aromatic carbocycles. The summed E-state index contributed by atoms with van der Waals surface area (Å²) >= 11 is 0. The predicted octanol–water partition coefficient (Wildman–Crippen LogP) is 4.27. The second-order valence-electron chi connectivity index (χ2n) is 4.62. The van der Waals surface area contributed by atoms with Gasteiger partial charge in [-0.25, -0.2) is 0 Å². The summed E-state index contributed by atoms with van der Waals surface area (Å²) in [6.07, 6.45) is 1.00. The van der Waals surface area contributed by atoms with Crippen LogP contribution in [-0.4, -0.2) is 14.2 Å². The van der Waals surface area contributed by atoms with Gasteiger partial charge in [0.15, 0.2) is 0 Å². The van der Waals surface area contributed by atoms with Crippen LogP contribution in [-0.2, 0) is 0 Å². The number of anilines is 1. The largest absolute Gasteiger partial charge is 0.497 e. The van der Waals surface area contributed by atoms with E-state index in [1.165, 1.54) is 5.56 Å². The summed E-state index contributed by atoms with van der Waals surface area (Å²) in [4.78, 5) is 0. The number of ether oxygens (including phenoxy) is 2. The third-order valence-electron chi connectivity index (χ3n) is 3.30. The molecule has 2 rings (SSSR count). The SMILES string of the molecule is CCC(Nc1cc(OC)cc(OC)c1)c1ccccc1. The van der Waals surface area contributed by atoms with Crippen molar-refractivity contribution in [1.82, 2.24) is 0 Å². The number of rotatable bonds is 6. The van der Waals surface area contributed by atoms with E-state index in [-0.39, 0.29) is 6.04 Å². The van der Waals surface area contributed by atoms with Crippen LogP contribution in [0.5, 0.6) is 11.5 Å². The van der Waals surface area contributed by atoms with E-state index in [9.17, 15) is 0 Å². The standard InChI is InChI=1S/C17H21NO2/c1-4-17(13-8-6-5-7-9-13)18-14-10-15(19-2)12-16(11-14)20-3/h5-12,17-18H,4H2,1-3H3. The fourth-order valence-corrected chi connectivity index (χ4v) is 2.20. The van der Waals surface area contributed by atoms with E-state index in [1.807, 2.05) is 24.3 Å². The third kappa shape index (κ3) is 3.44. The van der Waals surface area contributed by atoms with Gasteiger partial charge in [0.25, 0.3) is 0 Å². The van der Waals surface area contributed by atoms with Gasteiger partial charge in [0.1, 0.15) is 11.5 Å². The molecule has 0 heterocycles. The lowest BCUT2D eigenvalue weighted by molar-refractivity contribution is 0.394.